The fourth-order valence-electron chi connectivity index (χ4n) is 1.35. The van der Waals surface area contributed by atoms with Gasteiger partial charge in [0.1, 0.15) is 0 Å². The molecule has 1 aromatic heterocycles. The monoisotopic (exact) mass is 285 g/mol. The Balaban J connectivity index is 2.18. The minimum absolute atomic E-state index is 0.324. The maximum absolute atomic E-state index is 6.09. The minimum atomic E-state index is 0.324. The average molecular weight is 286 g/mol. The molecule has 0 aliphatic heterocycles. The van der Waals surface area contributed by atoms with E-state index in [0.29, 0.717) is 34.4 Å². The molecule has 1 N–H and O–H groups in total. The topological polar surface area (TPSA) is 50.8 Å². The summed E-state index contributed by atoms with van der Waals surface area (Å²) in [5.74, 6) is 0.987. The molecule has 0 bridgehead atoms. The smallest absolute Gasteiger partial charge is 0.335 e. The molecule has 0 atom stereocenters. The fraction of sp³-hybridized carbons (Fsp3) is 0.333. The lowest BCUT2D eigenvalue weighted by atomic mass is 10.2. The number of aromatic nitrogens is 3. The molecule has 0 saturated heterocycles. The van der Waals surface area contributed by atoms with Gasteiger partial charge < -0.3 is 4.74 Å². The standard InChI is InChI=1S/C12H13Cl2N3O/c1-7(2)6-18-12-15-11(16-17-12)9-4-3-8(13)5-10(9)14/h3-5,7H,6H2,1-2H3,(H,15,16,17). The van der Waals surface area contributed by atoms with Gasteiger partial charge >= 0.3 is 6.01 Å². The van der Waals surface area contributed by atoms with Gasteiger partial charge in [0.2, 0.25) is 0 Å². The van der Waals surface area contributed by atoms with Crippen LogP contribution in [0.5, 0.6) is 6.01 Å². The Hall–Kier alpha value is -1.26. The molecule has 0 unspecified atom stereocenters. The summed E-state index contributed by atoms with van der Waals surface area (Å²) in [5, 5.41) is 7.88. The number of hydrogen-bond donors (Lipinski definition) is 1. The van der Waals surface area contributed by atoms with E-state index in [1.54, 1.807) is 18.2 Å². The van der Waals surface area contributed by atoms with Crippen LogP contribution in [-0.4, -0.2) is 21.8 Å². The molecule has 0 spiro atoms. The number of benzene rings is 1. The molecular weight excluding hydrogens is 273 g/mol. The zero-order chi connectivity index (χ0) is 13.1. The molecule has 2 rings (SSSR count). The van der Waals surface area contributed by atoms with Gasteiger partial charge in [0.25, 0.3) is 0 Å². The van der Waals surface area contributed by atoms with E-state index >= 15 is 0 Å². The van der Waals surface area contributed by atoms with E-state index in [2.05, 4.69) is 29.0 Å². The summed E-state index contributed by atoms with van der Waals surface area (Å²) in [5.41, 5.74) is 0.743. The van der Waals surface area contributed by atoms with Crippen molar-refractivity contribution >= 4 is 23.2 Å². The van der Waals surface area contributed by atoms with Crippen LogP contribution in [0.1, 0.15) is 13.8 Å². The number of nitrogens with zero attached hydrogens (tertiary/aromatic N) is 2. The number of nitrogens with one attached hydrogen (secondary N) is 1. The third-order valence-corrected chi connectivity index (χ3v) is 2.74. The zero-order valence-corrected chi connectivity index (χ0v) is 11.6. The Bertz CT molecular complexity index is 540. The first-order chi connectivity index (χ1) is 8.56. The van der Waals surface area contributed by atoms with Crippen molar-refractivity contribution in [2.75, 3.05) is 6.61 Å². The van der Waals surface area contributed by atoms with Crippen LogP contribution in [0.15, 0.2) is 18.2 Å². The van der Waals surface area contributed by atoms with Crippen molar-refractivity contribution in [3.63, 3.8) is 0 Å². The molecule has 0 amide bonds. The van der Waals surface area contributed by atoms with E-state index in [1.807, 2.05) is 0 Å². The molecule has 2 aromatic rings. The average Bonchev–Trinajstić information content (AvgIpc) is 2.75. The van der Waals surface area contributed by atoms with E-state index in [9.17, 15) is 0 Å². The molecule has 0 saturated carbocycles. The third kappa shape index (κ3) is 3.15. The normalized spacial score (nSPS) is 10.9. The highest BCUT2D eigenvalue weighted by molar-refractivity contribution is 6.36. The molecule has 18 heavy (non-hydrogen) atoms. The molecular formula is C12H13Cl2N3O. The van der Waals surface area contributed by atoms with Gasteiger partial charge in [0.15, 0.2) is 5.82 Å². The summed E-state index contributed by atoms with van der Waals surface area (Å²) in [6.45, 7) is 4.69. The Morgan fingerprint density at radius 3 is 2.78 bits per heavy atom. The van der Waals surface area contributed by atoms with Gasteiger partial charge in [-0.25, -0.2) is 0 Å². The molecule has 1 heterocycles. The highest BCUT2D eigenvalue weighted by Gasteiger charge is 2.10. The number of aromatic amines is 1. The summed E-state index contributed by atoms with van der Waals surface area (Å²) in [6.07, 6.45) is 0. The number of rotatable bonds is 4. The zero-order valence-electron chi connectivity index (χ0n) is 10.1. The number of hydrogen-bond acceptors (Lipinski definition) is 3. The first-order valence-corrected chi connectivity index (χ1v) is 6.32. The maximum Gasteiger partial charge on any atom is 0.335 e. The van der Waals surface area contributed by atoms with Gasteiger partial charge in [0.05, 0.1) is 11.6 Å². The van der Waals surface area contributed by atoms with Crippen LogP contribution in [-0.2, 0) is 0 Å². The quantitative estimate of drug-likeness (QED) is 0.929. The van der Waals surface area contributed by atoms with Crippen LogP contribution in [0.3, 0.4) is 0 Å². The first kappa shape index (κ1) is 13.2. The van der Waals surface area contributed by atoms with Crippen molar-refractivity contribution in [3.8, 4) is 17.4 Å². The van der Waals surface area contributed by atoms with Crippen LogP contribution < -0.4 is 4.74 Å². The highest BCUT2D eigenvalue weighted by Crippen LogP contribution is 2.28. The largest absolute Gasteiger partial charge is 0.462 e. The predicted molar refractivity (Wildman–Crippen MR) is 72.2 cm³/mol. The molecule has 4 nitrogen and oxygen atoms in total. The number of halogens is 2. The Morgan fingerprint density at radius 1 is 1.33 bits per heavy atom. The van der Waals surface area contributed by atoms with E-state index < -0.39 is 0 Å². The summed E-state index contributed by atoms with van der Waals surface area (Å²) in [7, 11) is 0. The van der Waals surface area contributed by atoms with Crippen LogP contribution in [0.2, 0.25) is 10.0 Å². The SMILES string of the molecule is CC(C)COc1n[nH]c(-c2ccc(Cl)cc2Cl)n1. The van der Waals surface area contributed by atoms with E-state index in [-0.39, 0.29) is 0 Å². The van der Waals surface area contributed by atoms with Gasteiger partial charge in [-0.1, -0.05) is 37.0 Å². The van der Waals surface area contributed by atoms with E-state index in [1.165, 1.54) is 0 Å². The first-order valence-electron chi connectivity index (χ1n) is 5.57. The molecule has 0 aliphatic carbocycles. The fourth-order valence-corrected chi connectivity index (χ4v) is 1.85. The molecule has 0 radical (unpaired) electrons. The molecule has 96 valence electrons. The summed E-state index contributed by atoms with van der Waals surface area (Å²) in [4.78, 5) is 4.23. The maximum atomic E-state index is 6.09. The number of ether oxygens (including phenoxy) is 1. The lowest BCUT2D eigenvalue weighted by Crippen LogP contribution is -2.05. The van der Waals surface area contributed by atoms with Crippen molar-refractivity contribution in [1.29, 1.82) is 0 Å². The van der Waals surface area contributed by atoms with Crippen molar-refractivity contribution in [2.24, 2.45) is 5.92 Å². The van der Waals surface area contributed by atoms with Gasteiger partial charge in [0, 0.05) is 10.6 Å². The summed E-state index contributed by atoms with van der Waals surface area (Å²) in [6, 6.07) is 5.53. The van der Waals surface area contributed by atoms with Gasteiger partial charge in [-0.15, -0.1) is 5.10 Å². The van der Waals surface area contributed by atoms with Gasteiger partial charge in [-0.3, -0.25) is 5.10 Å². The van der Waals surface area contributed by atoms with Crippen LogP contribution >= 0.6 is 23.2 Å². The van der Waals surface area contributed by atoms with Crippen molar-refractivity contribution in [3.05, 3.63) is 28.2 Å². The molecule has 1 aromatic carbocycles. The lowest BCUT2D eigenvalue weighted by molar-refractivity contribution is 0.252. The second-order valence-electron chi connectivity index (χ2n) is 4.30. The minimum Gasteiger partial charge on any atom is -0.462 e. The van der Waals surface area contributed by atoms with E-state index in [4.69, 9.17) is 27.9 Å². The van der Waals surface area contributed by atoms with Crippen molar-refractivity contribution in [1.82, 2.24) is 15.2 Å². The van der Waals surface area contributed by atoms with Crippen molar-refractivity contribution in [2.45, 2.75) is 13.8 Å². The van der Waals surface area contributed by atoms with Gasteiger partial charge in [-0.05, 0) is 24.1 Å². The van der Waals surface area contributed by atoms with E-state index in [0.717, 1.165) is 5.56 Å². The summed E-state index contributed by atoms with van der Waals surface area (Å²) < 4.78 is 5.41. The van der Waals surface area contributed by atoms with Gasteiger partial charge in [-0.2, -0.15) is 4.98 Å². The predicted octanol–water partition coefficient (Wildman–Crippen LogP) is 3.81. The Labute approximate surface area is 115 Å². The Kier molecular flexibility index (Phi) is 4.09. The van der Waals surface area contributed by atoms with Crippen LogP contribution in [0.25, 0.3) is 11.4 Å². The number of H-pyrrole nitrogens is 1. The lowest BCUT2D eigenvalue weighted by Gasteiger charge is -2.03. The third-order valence-electron chi connectivity index (χ3n) is 2.20. The van der Waals surface area contributed by atoms with Crippen LogP contribution in [0.4, 0.5) is 0 Å². The van der Waals surface area contributed by atoms with Crippen molar-refractivity contribution < 1.29 is 4.74 Å². The summed E-state index contributed by atoms with van der Waals surface area (Å²) >= 11 is 11.9. The molecule has 0 fully saturated rings. The second-order valence-corrected chi connectivity index (χ2v) is 5.14. The molecule has 0 aliphatic rings. The second kappa shape index (κ2) is 5.59. The Morgan fingerprint density at radius 2 is 2.11 bits per heavy atom. The molecule has 6 heteroatoms. The highest BCUT2D eigenvalue weighted by atomic mass is 35.5. The van der Waals surface area contributed by atoms with Crippen LogP contribution in [0, 0.1) is 5.92 Å².